The van der Waals surface area contributed by atoms with Crippen LogP contribution in [0.15, 0.2) is 24.3 Å². The Bertz CT molecular complexity index is 879. The molecule has 0 heterocycles. The third-order valence-corrected chi connectivity index (χ3v) is 12.0. The Balaban J connectivity index is -0.000000640. The third-order valence-electron chi connectivity index (χ3n) is 6.05. The van der Waals surface area contributed by atoms with Crippen molar-refractivity contribution >= 4 is 35.1 Å². The summed E-state index contributed by atoms with van der Waals surface area (Å²) in [6.45, 7) is 16.3. The lowest BCUT2D eigenvalue weighted by atomic mass is 10.4. The van der Waals surface area contributed by atoms with Crippen molar-refractivity contribution < 1.29 is 46.3 Å². The number of nitrogens with one attached hydrogen (secondary N) is 2. The van der Waals surface area contributed by atoms with E-state index in [1.807, 2.05) is 13.6 Å². The first-order valence-electron chi connectivity index (χ1n) is 14.1. The monoisotopic (exact) mass is 664 g/mol. The van der Waals surface area contributed by atoms with Crippen LogP contribution < -0.4 is 10.6 Å². The van der Waals surface area contributed by atoms with Gasteiger partial charge in [-0.3, -0.25) is 0 Å². The lowest BCUT2D eigenvalue weighted by Crippen LogP contribution is -2.41. The van der Waals surface area contributed by atoms with Crippen molar-refractivity contribution in [2.24, 2.45) is 0 Å². The summed E-state index contributed by atoms with van der Waals surface area (Å²) in [5.74, 6) is -0.919. The largest absolute Gasteiger partial charge is 0.460 e. The fraction of sp³-hybridized carbons (Fsp3) is 0.714. The van der Waals surface area contributed by atoms with E-state index in [2.05, 4.69) is 39.8 Å². The predicted octanol–water partition coefficient (Wildman–Crippen LogP) is 3.07. The summed E-state index contributed by atoms with van der Waals surface area (Å²) in [6, 6.07) is 1.67. The van der Waals surface area contributed by atoms with Gasteiger partial charge in [0.05, 0.1) is 6.54 Å². The number of rotatable bonds is 20. The summed E-state index contributed by atoms with van der Waals surface area (Å²) in [5, 5.41) is 13.7. The van der Waals surface area contributed by atoms with Crippen molar-refractivity contribution in [1.29, 1.82) is 5.26 Å². The fourth-order valence-corrected chi connectivity index (χ4v) is 5.57. The van der Waals surface area contributed by atoms with Crippen molar-refractivity contribution in [3.05, 3.63) is 24.3 Å². The first kappa shape index (κ1) is 45.6. The second-order valence-corrected chi connectivity index (χ2v) is 17.0. The molecule has 0 saturated heterocycles. The quantitative estimate of drug-likeness (QED) is 0.0643. The number of amides is 2. The van der Waals surface area contributed by atoms with E-state index >= 15 is 0 Å². The van der Waals surface area contributed by atoms with Gasteiger partial charge in [-0.2, -0.15) is 5.26 Å². The van der Waals surface area contributed by atoms with Crippen LogP contribution >= 0.6 is 0 Å². The molecule has 0 saturated carbocycles. The second-order valence-electron chi connectivity index (χ2n) is 9.82. The van der Waals surface area contributed by atoms with Crippen molar-refractivity contribution in [1.82, 2.24) is 15.5 Å². The standard InChI is InChI=1S/C14H28N2O5Si.C7H9NO3.C7H19NO2Si/c1-12(2)13(17)21-10-8-15-14(18)16(3)9-7-11-22(6,19-4)20-5;1-6(2)7(9)11-4-3-10-5-8;1-8-6-5-7-11(4,9-2)10-3/h1,7-11H2,2-6H3,(H,15,18);1,3-4H2,2H3;8H,5-7H2,1-4H3. The highest BCUT2D eigenvalue weighted by molar-refractivity contribution is 6.66. The van der Waals surface area contributed by atoms with E-state index in [0.717, 1.165) is 31.5 Å². The van der Waals surface area contributed by atoms with Crippen LogP contribution in [0.3, 0.4) is 0 Å². The Labute approximate surface area is 266 Å². The average Bonchev–Trinajstić information content (AvgIpc) is 3.01. The van der Waals surface area contributed by atoms with Crippen LogP contribution in [0.2, 0.25) is 25.2 Å². The SMILES string of the molecule is C=C(C)C(=O)OCCNC(=O)N(C)CCC[Si](C)(OC)OC.C=C(C)C(=O)OCCOC#N.CNCCC[Si](C)(OC)OC. The highest BCUT2D eigenvalue weighted by Gasteiger charge is 2.28. The first-order valence-corrected chi connectivity index (χ1v) is 19.2. The van der Waals surface area contributed by atoms with E-state index < -0.39 is 29.1 Å². The maximum Gasteiger partial charge on any atom is 0.334 e. The second kappa shape index (κ2) is 27.7. The molecule has 0 aromatic rings. The zero-order valence-corrected chi connectivity index (χ0v) is 30.5. The fourth-order valence-electron chi connectivity index (χ4n) is 2.80. The number of ether oxygens (including phenoxy) is 3. The zero-order chi connectivity index (χ0) is 34.6. The Morgan fingerprint density at radius 2 is 1.25 bits per heavy atom. The molecule has 16 heteroatoms. The van der Waals surface area contributed by atoms with Gasteiger partial charge in [-0.25, -0.2) is 14.4 Å². The van der Waals surface area contributed by atoms with Gasteiger partial charge in [-0.1, -0.05) is 13.2 Å². The van der Waals surface area contributed by atoms with Gasteiger partial charge >= 0.3 is 35.1 Å². The minimum atomic E-state index is -2.08. The Kier molecular flexibility index (Phi) is 28.8. The van der Waals surface area contributed by atoms with Crippen molar-refractivity contribution in [2.45, 2.75) is 51.9 Å². The number of hydrogen-bond donors (Lipinski definition) is 2. The van der Waals surface area contributed by atoms with E-state index in [9.17, 15) is 14.4 Å². The predicted molar refractivity (Wildman–Crippen MR) is 173 cm³/mol. The van der Waals surface area contributed by atoms with Crippen molar-refractivity contribution in [3.63, 3.8) is 0 Å². The Morgan fingerprint density at radius 1 is 0.795 bits per heavy atom. The molecular weight excluding hydrogens is 608 g/mol. The molecule has 2 N–H and O–H groups in total. The van der Waals surface area contributed by atoms with Gasteiger partial charge in [-0.05, 0) is 65.5 Å². The molecule has 2 amide bonds. The van der Waals surface area contributed by atoms with E-state index in [-0.39, 0.29) is 32.4 Å². The number of esters is 2. The van der Waals surface area contributed by atoms with E-state index in [4.69, 9.17) is 27.7 Å². The molecule has 0 fully saturated rings. The Morgan fingerprint density at radius 3 is 1.66 bits per heavy atom. The van der Waals surface area contributed by atoms with Gasteiger partial charge in [0.1, 0.15) is 19.8 Å². The van der Waals surface area contributed by atoms with Crippen molar-refractivity contribution in [2.75, 3.05) is 82.0 Å². The summed E-state index contributed by atoms with van der Waals surface area (Å²) in [7, 11) is 6.59. The minimum absolute atomic E-state index is 0.0826. The maximum atomic E-state index is 11.8. The van der Waals surface area contributed by atoms with Crippen molar-refractivity contribution in [3.8, 4) is 6.26 Å². The number of carbonyl (C=O) groups is 3. The highest BCUT2D eigenvalue weighted by Crippen LogP contribution is 2.14. The van der Waals surface area contributed by atoms with Crippen LogP contribution in [0.25, 0.3) is 0 Å². The van der Waals surface area contributed by atoms with Gasteiger partial charge in [0.25, 0.3) is 6.26 Å². The lowest BCUT2D eigenvalue weighted by Gasteiger charge is -2.24. The van der Waals surface area contributed by atoms with E-state index in [1.165, 1.54) is 6.26 Å². The number of carbonyl (C=O) groups excluding carboxylic acids is 3. The molecule has 0 aliphatic carbocycles. The number of nitriles is 1. The molecule has 0 aromatic heterocycles. The number of urea groups is 1. The zero-order valence-electron chi connectivity index (χ0n) is 28.5. The molecule has 0 unspecified atom stereocenters. The number of nitrogens with zero attached hydrogens (tertiary/aromatic N) is 2. The Hall–Kier alpha value is -2.79. The van der Waals surface area contributed by atoms with Gasteiger partial charge in [0.2, 0.25) is 0 Å². The summed E-state index contributed by atoms with van der Waals surface area (Å²) >= 11 is 0. The van der Waals surface area contributed by atoms with Gasteiger partial charge in [0.15, 0.2) is 0 Å². The number of hydrogen-bond acceptors (Lipinski definition) is 12. The van der Waals surface area contributed by atoms with Crippen LogP contribution in [0.5, 0.6) is 0 Å². The van der Waals surface area contributed by atoms with Crippen LogP contribution in [0.1, 0.15) is 26.7 Å². The van der Waals surface area contributed by atoms with Crippen LogP contribution in [-0.2, 0) is 41.5 Å². The average molecular weight is 665 g/mol. The van der Waals surface area contributed by atoms with E-state index in [0.29, 0.717) is 17.7 Å². The summed E-state index contributed by atoms with van der Waals surface area (Å²) < 4.78 is 35.2. The lowest BCUT2D eigenvalue weighted by molar-refractivity contribution is -0.140. The molecule has 0 aliphatic rings. The molecule has 0 atom stereocenters. The molecule has 0 bridgehead atoms. The molecule has 14 nitrogen and oxygen atoms in total. The first-order chi connectivity index (χ1) is 20.6. The molecule has 44 heavy (non-hydrogen) atoms. The smallest absolute Gasteiger partial charge is 0.334 e. The molecular formula is C28H56N4O10Si2. The summed E-state index contributed by atoms with van der Waals surface area (Å²) in [4.78, 5) is 35.2. The maximum absolute atomic E-state index is 11.8. The van der Waals surface area contributed by atoms with Gasteiger partial charge < -0.3 is 47.4 Å². The molecule has 0 spiro atoms. The van der Waals surface area contributed by atoms with E-state index in [1.54, 1.807) is 54.2 Å². The molecule has 0 aliphatic heterocycles. The highest BCUT2D eigenvalue weighted by atomic mass is 28.4. The third kappa shape index (κ3) is 25.7. The molecule has 0 radical (unpaired) electrons. The molecule has 0 aromatic carbocycles. The van der Waals surface area contributed by atoms with Crippen LogP contribution in [0, 0.1) is 11.5 Å². The van der Waals surface area contributed by atoms with Gasteiger partial charge in [-0.15, -0.1) is 0 Å². The topological polar surface area (TPSA) is 167 Å². The summed E-state index contributed by atoms with van der Waals surface area (Å²) in [6.07, 6.45) is 3.39. The minimum Gasteiger partial charge on any atom is -0.460 e. The van der Waals surface area contributed by atoms with Crippen LogP contribution in [0.4, 0.5) is 4.79 Å². The summed E-state index contributed by atoms with van der Waals surface area (Å²) in [5.41, 5.74) is 0.675. The van der Waals surface area contributed by atoms with Gasteiger partial charge in [0, 0.05) is 53.2 Å². The van der Waals surface area contributed by atoms with Crippen LogP contribution in [-0.4, -0.2) is 122 Å². The molecule has 0 rings (SSSR count). The normalized spacial score (nSPS) is 10.5. The molecule has 256 valence electrons.